The largest absolute Gasteiger partial charge is 0.316 e. The highest BCUT2D eigenvalue weighted by atomic mass is 16.1. The summed E-state index contributed by atoms with van der Waals surface area (Å²) in [4.78, 5) is 12.1. The first-order chi connectivity index (χ1) is 7.33. The minimum atomic E-state index is 0.110. The summed E-state index contributed by atoms with van der Waals surface area (Å²) in [5.41, 5.74) is 0.658. The van der Waals surface area contributed by atoms with Crippen LogP contribution in [0.4, 0.5) is 0 Å². The predicted octanol–water partition coefficient (Wildman–Crippen LogP) is 0.480. The molecule has 1 aromatic rings. The number of Topliss-reactive ketones (excluding diaryl/α,β-unsaturated/α-hetero) is 1. The van der Waals surface area contributed by atoms with Gasteiger partial charge in [0.15, 0.2) is 5.78 Å². The minimum absolute atomic E-state index is 0.110. The fraction of sp³-hybridized carbons (Fsp3) is 0.700. The van der Waals surface area contributed by atoms with Crippen molar-refractivity contribution in [3.63, 3.8) is 0 Å². The quantitative estimate of drug-likeness (QED) is 0.731. The van der Waals surface area contributed by atoms with E-state index in [-0.39, 0.29) is 11.7 Å². The number of nitrogens with one attached hydrogen (secondary N) is 1. The van der Waals surface area contributed by atoms with E-state index in [9.17, 15) is 4.79 Å². The number of rotatable bonds is 4. The summed E-state index contributed by atoms with van der Waals surface area (Å²) >= 11 is 0. The molecular weight excluding hydrogens is 192 g/mol. The van der Waals surface area contributed by atoms with Crippen LogP contribution < -0.4 is 5.32 Å². The van der Waals surface area contributed by atoms with Gasteiger partial charge in [-0.3, -0.25) is 4.79 Å². The third-order valence-corrected chi connectivity index (χ3v) is 2.74. The minimum Gasteiger partial charge on any atom is -0.316 e. The Hall–Kier alpha value is -1.23. The van der Waals surface area contributed by atoms with Crippen LogP contribution in [-0.2, 0) is 6.54 Å². The number of aromatic nitrogens is 3. The number of aryl methyl sites for hydroxylation is 1. The van der Waals surface area contributed by atoms with Gasteiger partial charge in [-0.1, -0.05) is 12.1 Å². The van der Waals surface area contributed by atoms with Crippen molar-refractivity contribution in [2.75, 3.05) is 13.1 Å². The van der Waals surface area contributed by atoms with Crippen LogP contribution in [0.15, 0.2) is 6.20 Å². The zero-order valence-electron chi connectivity index (χ0n) is 8.94. The first-order valence-electron chi connectivity index (χ1n) is 5.46. The maximum absolute atomic E-state index is 12.1. The average Bonchev–Trinajstić information content (AvgIpc) is 2.87. The van der Waals surface area contributed by atoms with Gasteiger partial charge in [-0.2, -0.15) is 0 Å². The van der Waals surface area contributed by atoms with Crippen molar-refractivity contribution in [2.45, 2.75) is 26.3 Å². The molecule has 5 heteroatoms. The highest BCUT2D eigenvalue weighted by Crippen LogP contribution is 2.14. The standard InChI is InChI=1S/C10H16N4O/c1-2-5-14-9(7-12-13-14)10(15)8-3-4-11-6-8/h7-8,11H,2-6H2,1H3. The molecule has 1 N–H and O–H groups in total. The molecule has 0 spiro atoms. The van der Waals surface area contributed by atoms with Gasteiger partial charge in [0.1, 0.15) is 5.69 Å². The molecule has 0 bridgehead atoms. The molecule has 1 aliphatic rings. The second-order valence-electron chi connectivity index (χ2n) is 3.90. The Bertz CT molecular complexity index is 341. The topological polar surface area (TPSA) is 59.8 Å². The summed E-state index contributed by atoms with van der Waals surface area (Å²) in [5, 5.41) is 10.9. The number of hydrogen-bond acceptors (Lipinski definition) is 4. The summed E-state index contributed by atoms with van der Waals surface area (Å²) in [6.45, 7) is 4.55. The normalized spacial score (nSPS) is 20.7. The molecule has 0 saturated carbocycles. The molecule has 1 unspecified atom stereocenters. The van der Waals surface area contributed by atoms with E-state index in [4.69, 9.17) is 0 Å². The smallest absolute Gasteiger partial charge is 0.186 e. The van der Waals surface area contributed by atoms with Gasteiger partial charge < -0.3 is 5.32 Å². The second kappa shape index (κ2) is 4.53. The Balaban J connectivity index is 2.13. The van der Waals surface area contributed by atoms with Crippen molar-refractivity contribution in [3.05, 3.63) is 11.9 Å². The molecule has 1 saturated heterocycles. The predicted molar refractivity (Wildman–Crippen MR) is 55.6 cm³/mol. The molecular formula is C10H16N4O. The maximum atomic E-state index is 12.1. The van der Waals surface area contributed by atoms with E-state index in [1.54, 1.807) is 10.9 Å². The van der Waals surface area contributed by atoms with Crippen molar-refractivity contribution >= 4 is 5.78 Å². The van der Waals surface area contributed by atoms with Gasteiger partial charge in [0.2, 0.25) is 0 Å². The molecule has 0 radical (unpaired) electrons. The van der Waals surface area contributed by atoms with Crippen LogP contribution in [0.1, 0.15) is 30.3 Å². The molecule has 1 atom stereocenters. The van der Waals surface area contributed by atoms with Crippen LogP contribution in [0.25, 0.3) is 0 Å². The number of carbonyl (C=O) groups excluding carboxylic acids is 1. The highest BCUT2D eigenvalue weighted by molar-refractivity contribution is 5.96. The van der Waals surface area contributed by atoms with Crippen LogP contribution in [-0.4, -0.2) is 33.9 Å². The number of hydrogen-bond donors (Lipinski definition) is 1. The van der Waals surface area contributed by atoms with Gasteiger partial charge in [-0.05, 0) is 19.4 Å². The van der Waals surface area contributed by atoms with Gasteiger partial charge in [0.05, 0.1) is 6.20 Å². The van der Waals surface area contributed by atoms with Crippen LogP contribution in [0.2, 0.25) is 0 Å². The monoisotopic (exact) mass is 208 g/mol. The SMILES string of the molecule is CCCn1nncc1C(=O)C1CCNC1. The zero-order chi connectivity index (χ0) is 10.7. The molecule has 1 aliphatic heterocycles. The lowest BCUT2D eigenvalue weighted by Crippen LogP contribution is -2.21. The lowest BCUT2D eigenvalue weighted by Gasteiger charge is -2.07. The summed E-state index contributed by atoms with van der Waals surface area (Å²) in [5.74, 6) is 0.289. The third-order valence-electron chi connectivity index (χ3n) is 2.74. The zero-order valence-corrected chi connectivity index (χ0v) is 8.94. The summed E-state index contributed by atoms with van der Waals surface area (Å²) in [6.07, 6.45) is 3.47. The van der Waals surface area contributed by atoms with Crippen molar-refractivity contribution < 1.29 is 4.79 Å². The molecule has 0 aliphatic carbocycles. The van der Waals surface area contributed by atoms with Crippen LogP contribution in [0.5, 0.6) is 0 Å². The average molecular weight is 208 g/mol. The number of ketones is 1. The summed E-state index contributed by atoms with van der Waals surface area (Å²) in [6, 6.07) is 0. The fourth-order valence-corrected chi connectivity index (χ4v) is 1.91. The number of carbonyl (C=O) groups is 1. The Kier molecular flexibility index (Phi) is 3.11. The van der Waals surface area contributed by atoms with E-state index in [0.717, 1.165) is 32.5 Å². The van der Waals surface area contributed by atoms with Crippen molar-refractivity contribution in [1.82, 2.24) is 20.3 Å². The Morgan fingerprint density at radius 3 is 3.27 bits per heavy atom. The molecule has 1 aromatic heterocycles. The van der Waals surface area contributed by atoms with E-state index in [1.165, 1.54) is 0 Å². The molecule has 15 heavy (non-hydrogen) atoms. The van der Waals surface area contributed by atoms with Crippen LogP contribution >= 0.6 is 0 Å². The molecule has 82 valence electrons. The van der Waals surface area contributed by atoms with E-state index in [1.807, 2.05) is 0 Å². The molecule has 1 fully saturated rings. The summed E-state index contributed by atoms with van der Waals surface area (Å²) < 4.78 is 1.71. The first-order valence-corrected chi connectivity index (χ1v) is 5.46. The van der Waals surface area contributed by atoms with Crippen molar-refractivity contribution in [3.8, 4) is 0 Å². The number of nitrogens with zero attached hydrogens (tertiary/aromatic N) is 3. The van der Waals surface area contributed by atoms with Crippen molar-refractivity contribution in [2.24, 2.45) is 5.92 Å². The molecule has 2 heterocycles. The molecule has 2 rings (SSSR count). The molecule has 5 nitrogen and oxygen atoms in total. The van der Waals surface area contributed by atoms with Gasteiger partial charge in [0.25, 0.3) is 0 Å². The van der Waals surface area contributed by atoms with Gasteiger partial charge in [-0.15, -0.1) is 5.10 Å². The van der Waals surface area contributed by atoms with Gasteiger partial charge in [0, 0.05) is 19.0 Å². The second-order valence-corrected chi connectivity index (χ2v) is 3.90. The van der Waals surface area contributed by atoms with E-state index in [2.05, 4.69) is 22.6 Å². The van der Waals surface area contributed by atoms with Crippen LogP contribution in [0, 0.1) is 5.92 Å². The Labute approximate surface area is 88.9 Å². The fourth-order valence-electron chi connectivity index (χ4n) is 1.91. The van der Waals surface area contributed by atoms with Gasteiger partial charge >= 0.3 is 0 Å². The molecule has 0 aromatic carbocycles. The van der Waals surface area contributed by atoms with E-state index >= 15 is 0 Å². The maximum Gasteiger partial charge on any atom is 0.186 e. The highest BCUT2D eigenvalue weighted by Gasteiger charge is 2.26. The molecule has 0 amide bonds. The third kappa shape index (κ3) is 2.07. The van der Waals surface area contributed by atoms with Gasteiger partial charge in [-0.25, -0.2) is 4.68 Å². The first kappa shape index (κ1) is 10.3. The van der Waals surface area contributed by atoms with E-state index < -0.39 is 0 Å². The van der Waals surface area contributed by atoms with E-state index in [0.29, 0.717) is 5.69 Å². The Morgan fingerprint density at radius 2 is 2.60 bits per heavy atom. The van der Waals surface area contributed by atoms with Crippen LogP contribution in [0.3, 0.4) is 0 Å². The lowest BCUT2D eigenvalue weighted by atomic mass is 10.0. The Morgan fingerprint density at radius 1 is 1.73 bits per heavy atom. The van der Waals surface area contributed by atoms with Crippen molar-refractivity contribution in [1.29, 1.82) is 0 Å². The lowest BCUT2D eigenvalue weighted by molar-refractivity contribution is 0.0919. The summed E-state index contributed by atoms with van der Waals surface area (Å²) in [7, 11) is 0.